The predicted octanol–water partition coefficient (Wildman–Crippen LogP) is 3.97. The van der Waals surface area contributed by atoms with Gasteiger partial charge in [0.15, 0.2) is 11.6 Å². The molecular formula is C15H12F6O5. The van der Waals surface area contributed by atoms with Gasteiger partial charge in [-0.25, -0.2) is 13.6 Å². The van der Waals surface area contributed by atoms with Gasteiger partial charge in [-0.15, -0.1) is 13.2 Å². The van der Waals surface area contributed by atoms with Crippen LogP contribution in [0.4, 0.5) is 26.3 Å². The summed E-state index contributed by atoms with van der Waals surface area (Å²) in [6.07, 6.45) is -5.72. The van der Waals surface area contributed by atoms with Gasteiger partial charge in [0, 0.05) is 6.42 Å². The summed E-state index contributed by atoms with van der Waals surface area (Å²) in [6.45, 7) is 2.77. The topological polar surface area (TPSA) is 72.8 Å². The number of aliphatic carboxylic acids is 1. The van der Waals surface area contributed by atoms with Gasteiger partial charge in [-0.3, -0.25) is 4.79 Å². The van der Waals surface area contributed by atoms with Gasteiger partial charge in [0.05, 0.1) is 12.2 Å². The fourth-order valence-corrected chi connectivity index (χ4v) is 1.95. The summed E-state index contributed by atoms with van der Waals surface area (Å²) in [5.74, 6) is -12.8. The van der Waals surface area contributed by atoms with Crippen molar-refractivity contribution < 1.29 is 50.5 Å². The van der Waals surface area contributed by atoms with Crippen LogP contribution in [0.25, 0.3) is 0 Å². The average Bonchev–Trinajstić information content (AvgIpc) is 2.52. The Balaban J connectivity index is 3.64. The number of carbonyl (C=O) groups is 2. The SMILES string of the molecule is CCOC(CC)=C(C(=O)O)C(=O)c1cc(F)c(F)c(OC(F)(F)F)c1F. The number of alkyl halides is 3. The minimum Gasteiger partial charge on any atom is -0.497 e. The molecule has 0 radical (unpaired) electrons. The first-order chi connectivity index (χ1) is 11.9. The van der Waals surface area contributed by atoms with Crippen LogP contribution in [0.15, 0.2) is 17.4 Å². The van der Waals surface area contributed by atoms with E-state index in [-0.39, 0.29) is 19.1 Å². The molecule has 1 aromatic rings. The van der Waals surface area contributed by atoms with Crippen molar-refractivity contribution in [2.24, 2.45) is 0 Å². The van der Waals surface area contributed by atoms with E-state index < -0.39 is 58.2 Å². The highest BCUT2D eigenvalue weighted by Gasteiger charge is 2.37. The van der Waals surface area contributed by atoms with Gasteiger partial charge in [-0.1, -0.05) is 6.92 Å². The summed E-state index contributed by atoms with van der Waals surface area (Å²) in [5.41, 5.74) is -2.58. The summed E-state index contributed by atoms with van der Waals surface area (Å²) in [6, 6.07) is -0.0571. The molecule has 0 aliphatic rings. The summed E-state index contributed by atoms with van der Waals surface area (Å²) >= 11 is 0. The molecule has 144 valence electrons. The molecule has 1 rings (SSSR count). The van der Waals surface area contributed by atoms with Crippen LogP contribution in [0.3, 0.4) is 0 Å². The van der Waals surface area contributed by atoms with Crippen LogP contribution in [0.1, 0.15) is 30.6 Å². The van der Waals surface area contributed by atoms with E-state index in [2.05, 4.69) is 4.74 Å². The fraction of sp³-hybridized carbons (Fsp3) is 0.333. The molecule has 0 heterocycles. The Hall–Kier alpha value is -2.72. The molecule has 0 saturated heterocycles. The molecule has 0 aromatic heterocycles. The van der Waals surface area contributed by atoms with Gasteiger partial charge in [0.2, 0.25) is 17.3 Å². The highest BCUT2D eigenvalue weighted by Crippen LogP contribution is 2.33. The van der Waals surface area contributed by atoms with E-state index in [0.717, 1.165) is 0 Å². The van der Waals surface area contributed by atoms with Crippen LogP contribution in [0.2, 0.25) is 0 Å². The van der Waals surface area contributed by atoms with Crippen molar-refractivity contribution in [1.82, 2.24) is 0 Å². The largest absolute Gasteiger partial charge is 0.573 e. The van der Waals surface area contributed by atoms with E-state index in [4.69, 9.17) is 9.84 Å². The summed E-state index contributed by atoms with van der Waals surface area (Å²) < 4.78 is 85.9. The van der Waals surface area contributed by atoms with E-state index in [1.54, 1.807) is 0 Å². The van der Waals surface area contributed by atoms with Gasteiger partial charge in [0.25, 0.3) is 0 Å². The molecule has 0 bridgehead atoms. The van der Waals surface area contributed by atoms with Crippen LogP contribution >= 0.6 is 0 Å². The first-order valence-corrected chi connectivity index (χ1v) is 7.01. The Bertz CT molecular complexity index is 754. The van der Waals surface area contributed by atoms with Crippen molar-refractivity contribution in [3.05, 3.63) is 40.4 Å². The molecule has 1 N–H and O–H groups in total. The lowest BCUT2D eigenvalue weighted by atomic mass is 10.00. The van der Waals surface area contributed by atoms with Crippen LogP contribution in [0.5, 0.6) is 5.75 Å². The number of ketones is 1. The molecule has 0 spiro atoms. The number of carbonyl (C=O) groups excluding carboxylic acids is 1. The first-order valence-electron chi connectivity index (χ1n) is 7.01. The molecule has 0 amide bonds. The second-order valence-corrected chi connectivity index (χ2v) is 4.63. The third-order valence-corrected chi connectivity index (χ3v) is 2.94. The van der Waals surface area contributed by atoms with Crippen LogP contribution in [-0.4, -0.2) is 29.8 Å². The number of rotatable bonds is 7. The van der Waals surface area contributed by atoms with Crippen molar-refractivity contribution >= 4 is 11.8 Å². The number of allylic oxidation sites excluding steroid dienone is 1. The molecule has 0 aliphatic heterocycles. The molecule has 0 unspecified atom stereocenters. The summed E-state index contributed by atoms with van der Waals surface area (Å²) in [4.78, 5) is 23.6. The summed E-state index contributed by atoms with van der Waals surface area (Å²) in [7, 11) is 0. The number of Topliss-reactive ketones (excluding diaryl/α,β-unsaturated/α-hetero) is 1. The second kappa shape index (κ2) is 8.11. The second-order valence-electron chi connectivity index (χ2n) is 4.63. The number of halogens is 6. The molecule has 0 fully saturated rings. The molecule has 0 aliphatic carbocycles. The van der Waals surface area contributed by atoms with Gasteiger partial charge >= 0.3 is 12.3 Å². The molecule has 26 heavy (non-hydrogen) atoms. The van der Waals surface area contributed by atoms with E-state index in [9.17, 15) is 35.9 Å². The fourth-order valence-electron chi connectivity index (χ4n) is 1.95. The van der Waals surface area contributed by atoms with Crippen molar-refractivity contribution in [2.45, 2.75) is 26.6 Å². The number of hydrogen-bond donors (Lipinski definition) is 1. The molecule has 1 aromatic carbocycles. The van der Waals surface area contributed by atoms with Crippen LogP contribution < -0.4 is 4.74 Å². The maximum absolute atomic E-state index is 14.2. The number of ether oxygens (including phenoxy) is 2. The molecule has 0 atom stereocenters. The highest BCUT2D eigenvalue weighted by atomic mass is 19.4. The summed E-state index contributed by atoms with van der Waals surface area (Å²) in [5, 5.41) is 9.14. The Morgan fingerprint density at radius 3 is 2.12 bits per heavy atom. The minimum absolute atomic E-state index is 0.0571. The van der Waals surface area contributed by atoms with Crippen LogP contribution in [0, 0.1) is 17.5 Å². The Labute approximate surface area is 142 Å². The van der Waals surface area contributed by atoms with Gasteiger partial charge < -0.3 is 14.6 Å². The Kier molecular flexibility index (Phi) is 6.65. The van der Waals surface area contributed by atoms with E-state index in [1.165, 1.54) is 13.8 Å². The van der Waals surface area contributed by atoms with Crippen molar-refractivity contribution in [1.29, 1.82) is 0 Å². The van der Waals surface area contributed by atoms with E-state index in [1.807, 2.05) is 0 Å². The third-order valence-electron chi connectivity index (χ3n) is 2.94. The normalized spacial score (nSPS) is 12.5. The number of carboxylic acid groups (broad SMARTS) is 1. The predicted molar refractivity (Wildman–Crippen MR) is 73.9 cm³/mol. The zero-order valence-corrected chi connectivity index (χ0v) is 13.3. The molecular weight excluding hydrogens is 374 g/mol. The molecule has 5 nitrogen and oxygen atoms in total. The van der Waals surface area contributed by atoms with Crippen molar-refractivity contribution in [3.8, 4) is 5.75 Å². The maximum Gasteiger partial charge on any atom is 0.573 e. The van der Waals surface area contributed by atoms with Gasteiger partial charge in [-0.05, 0) is 13.0 Å². The average molecular weight is 386 g/mol. The molecule has 0 saturated carbocycles. The maximum atomic E-state index is 14.2. The number of benzene rings is 1. The smallest absolute Gasteiger partial charge is 0.497 e. The minimum atomic E-state index is -5.58. The van der Waals surface area contributed by atoms with Gasteiger partial charge in [-0.2, -0.15) is 4.39 Å². The molecule has 11 heteroatoms. The van der Waals surface area contributed by atoms with Gasteiger partial charge in [0.1, 0.15) is 11.3 Å². The lowest BCUT2D eigenvalue weighted by Gasteiger charge is -2.14. The lowest BCUT2D eigenvalue weighted by Crippen LogP contribution is -2.22. The third kappa shape index (κ3) is 4.67. The quantitative estimate of drug-likeness (QED) is 0.146. The number of carboxylic acids is 1. The zero-order valence-electron chi connectivity index (χ0n) is 13.3. The van der Waals surface area contributed by atoms with Crippen molar-refractivity contribution in [2.75, 3.05) is 6.61 Å². The lowest BCUT2D eigenvalue weighted by molar-refractivity contribution is -0.276. The van der Waals surface area contributed by atoms with E-state index in [0.29, 0.717) is 0 Å². The monoisotopic (exact) mass is 386 g/mol. The van der Waals surface area contributed by atoms with Crippen molar-refractivity contribution in [3.63, 3.8) is 0 Å². The van der Waals surface area contributed by atoms with E-state index >= 15 is 0 Å². The first kappa shape index (κ1) is 21.3. The van der Waals surface area contributed by atoms with Crippen LogP contribution in [-0.2, 0) is 9.53 Å². The zero-order chi connectivity index (χ0) is 20.2. The number of hydrogen-bond acceptors (Lipinski definition) is 4. The Morgan fingerprint density at radius 2 is 1.69 bits per heavy atom. The Morgan fingerprint density at radius 1 is 1.12 bits per heavy atom. The standard InChI is InChI=1S/C15H12F6O5/c1-3-8(25-4-2)9(14(23)24)12(22)6-5-7(16)11(18)13(10(6)17)26-15(19,20)21/h5H,3-4H2,1-2H3,(H,23,24). The highest BCUT2D eigenvalue weighted by molar-refractivity contribution is 6.24.